The van der Waals surface area contributed by atoms with Gasteiger partial charge in [0.2, 0.25) is 11.6 Å². The maximum Gasteiger partial charge on any atom is 0.335 e. The quantitative estimate of drug-likeness (QED) is 0.746. The van der Waals surface area contributed by atoms with Gasteiger partial charge in [0.15, 0.2) is 0 Å². The maximum absolute atomic E-state index is 11.0. The summed E-state index contributed by atoms with van der Waals surface area (Å²) in [6.45, 7) is 0. The van der Waals surface area contributed by atoms with Gasteiger partial charge < -0.3 is 10.2 Å². The number of carboxylic acids is 2. The van der Waals surface area contributed by atoms with E-state index in [2.05, 4.69) is 20.4 Å². The predicted octanol–water partition coefficient (Wildman–Crippen LogP) is 2.00. The van der Waals surface area contributed by atoms with Crippen LogP contribution >= 0.6 is 0 Å². The van der Waals surface area contributed by atoms with Crippen molar-refractivity contribution in [3.63, 3.8) is 0 Å². The largest absolute Gasteiger partial charge is 0.478 e. The molecule has 0 saturated heterocycles. The predicted molar refractivity (Wildman–Crippen MR) is 82.4 cm³/mol. The summed E-state index contributed by atoms with van der Waals surface area (Å²) < 4.78 is 0. The van der Waals surface area contributed by atoms with Crippen LogP contribution < -0.4 is 0 Å². The molecule has 24 heavy (non-hydrogen) atoms. The molecule has 0 saturated carbocycles. The van der Waals surface area contributed by atoms with E-state index in [1.54, 1.807) is 24.3 Å². The first-order chi connectivity index (χ1) is 11.5. The zero-order valence-corrected chi connectivity index (χ0v) is 12.1. The standard InChI is InChI=1S/C16H10N4O4/c21-15(22)11-5-1-3-9(7-11)13-17-19-14(20-18-13)10-4-2-6-12(8-10)16(23)24/h1-8H,(H,21,22)(H,23,24). The molecular weight excluding hydrogens is 312 g/mol. The highest BCUT2D eigenvalue weighted by Crippen LogP contribution is 2.18. The smallest absolute Gasteiger partial charge is 0.335 e. The summed E-state index contributed by atoms with van der Waals surface area (Å²) >= 11 is 0. The Morgan fingerprint density at radius 2 is 1.04 bits per heavy atom. The molecule has 0 aliphatic rings. The molecule has 0 amide bonds. The van der Waals surface area contributed by atoms with Crippen molar-refractivity contribution in [1.82, 2.24) is 20.4 Å². The Bertz CT molecular complexity index is 849. The van der Waals surface area contributed by atoms with E-state index in [0.717, 1.165) is 0 Å². The van der Waals surface area contributed by atoms with Crippen LogP contribution in [0.1, 0.15) is 20.7 Å². The normalized spacial score (nSPS) is 10.3. The zero-order valence-electron chi connectivity index (χ0n) is 12.1. The number of aromatic carboxylic acids is 2. The average molecular weight is 322 g/mol. The number of carboxylic acid groups (broad SMARTS) is 2. The number of benzene rings is 2. The first-order valence-corrected chi connectivity index (χ1v) is 6.79. The second-order valence-electron chi connectivity index (χ2n) is 4.82. The lowest BCUT2D eigenvalue weighted by atomic mass is 10.1. The van der Waals surface area contributed by atoms with E-state index in [9.17, 15) is 9.59 Å². The molecule has 1 heterocycles. The van der Waals surface area contributed by atoms with E-state index < -0.39 is 11.9 Å². The highest BCUT2D eigenvalue weighted by Gasteiger charge is 2.11. The number of hydrogen-bond acceptors (Lipinski definition) is 6. The third-order valence-corrected chi connectivity index (χ3v) is 3.21. The lowest BCUT2D eigenvalue weighted by Gasteiger charge is -2.02. The van der Waals surface area contributed by atoms with Crippen LogP contribution in [0.2, 0.25) is 0 Å². The topological polar surface area (TPSA) is 126 Å². The van der Waals surface area contributed by atoms with Crippen LogP contribution in [-0.4, -0.2) is 42.5 Å². The zero-order chi connectivity index (χ0) is 17.1. The monoisotopic (exact) mass is 322 g/mol. The summed E-state index contributed by atoms with van der Waals surface area (Å²) in [6, 6.07) is 12.2. The summed E-state index contributed by atoms with van der Waals surface area (Å²) in [4.78, 5) is 22.0. The van der Waals surface area contributed by atoms with E-state index in [-0.39, 0.29) is 22.8 Å². The van der Waals surface area contributed by atoms with Gasteiger partial charge >= 0.3 is 11.9 Å². The van der Waals surface area contributed by atoms with Crippen LogP contribution in [0.4, 0.5) is 0 Å². The molecule has 0 fully saturated rings. The molecule has 3 aromatic rings. The molecule has 0 unspecified atom stereocenters. The molecule has 0 bridgehead atoms. The van der Waals surface area contributed by atoms with E-state index in [1.807, 2.05) is 0 Å². The number of hydrogen-bond donors (Lipinski definition) is 2. The Morgan fingerprint density at radius 3 is 1.38 bits per heavy atom. The molecule has 118 valence electrons. The van der Waals surface area contributed by atoms with Crippen molar-refractivity contribution >= 4 is 11.9 Å². The molecule has 8 nitrogen and oxygen atoms in total. The third kappa shape index (κ3) is 3.07. The molecule has 1 aromatic heterocycles. The molecule has 3 rings (SSSR count). The van der Waals surface area contributed by atoms with E-state index in [4.69, 9.17) is 10.2 Å². The molecule has 0 radical (unpaired) electrons. The van der Waals surface area contributed by atoms with Crippen molar-refractivity contribution in [2.75, 3.05) is 0 Å². The SMILES string of the molecule is O=C(O)c1cccc(-c2nnc(-c3cccc(C(=O)O)c3)nn2)c1. The summed E-state index contributed by atoms with van der Waals surface area (Å²) in [6.07, 6.45) is 0. The maximum atomic E-state index is 11.0. The van der Waals surface area contributed by atoms with Crippen molar-refractivity contribution < 1.29 is 19.8 Å². The van der Waals surface area contributed by atoms with Gasteiger partial charge in [0.1, 0.15) is 0 Å². The second-order valence-corrected chi connectivity index (χ2v) is 4.82. The molecule has 0 aliphatic heterocycles. The van der Waals surface area contributed by atoms with Crippen LogP contribution in [0.25, 0.3) is 22.8 Å². The van der Waals surface area contributed by atoms with Gasteiger partial charge in [-0.25, -0.2) is 9.59 Å². The first kappa shape index (κ1) is 15.2. The fraction of sp³-hybridized carbons (Fsp3) is 0. The van der Waals surface area contributed by atoms with Crippen molar-refractivity contribution in [3.8, 4) is 22.8 Å². The number of nitrogens with zero attached hydrogens (tertiary/aromatic N) is 4. The minimum absolute atomic E-state index is 0.106. The van der Waals surface area contributed by atoms with Gasteiger partial charge in [-0.1, -0.05) is 24.3 Å². The van der Waals surface area contributed by atoms with Crippen LogP contribution in [-0.2, 0) is 0 Å². The van der Waals surface area contributed by atoms with Gasteiger partial charge in [-0.15, -0.1) is 20.4 Å². The van der Waals surface area contributed by atoms with Crippen LogP contribution in [0.15, 0.2) is 48.5 Å². The third-order valence-electron chi connectivity index (χ3n) is 3.21. The van der Waals surface area contributed by atoms with Gasteiger partial charge in [0.05, 0.1) is 11.1 Å². The Labute approximate surface area is 135 Å². The van der Waals surface area contributed by atoms with Crippen LogP contribution in [0.5, 0.6) is 0 Å². The van der Waals surface area contributed by atoms with Crippen molar-refractivity contribution in [3.05, 3.63) is 59.7 Å². The van der Waals surface area contributed by atoms with Gasteiger partial charge in [-0.3, -0.25) is 0 Å². The minimum atomic E-state index is -1.06. The Morgan fingerprint density at radius 1 is 0.667 bits per heavy atom. The highest BCUT2D eigenvalue weighted by molar-refractivity contribution is 5.89. The fourth-order valence-corrected chi connectivity index (χ4v) is 2.04. The number of carbonyl (C=O) groups is 2. The molecule has 8 heteroatoms. The Kier molecular flexibility index (Phi) is 3.94. The molecule has 2 aromatic carbocycles. The van der Waals surface area contributed by atoms with Gasteiger partial charge in [-0.2, -0.15) is 0 Å². The lowest BCUT2D eigenvalue weighted by Crippen LogP contribution is -2.02. The molecular formula is C16H10N4O4. The first-order valence-electron chi connectivity index (χ1n) is 6.79. The number of aromatic nitrogens is 4. The highest BCUT2D eigenvalue weighted by atomic mass is 16.4. The second kappa shape index (κ2) is 6.21. The van der Waals surface area contributed by atoms with E-state index in [0.29, 0.717) is 11.1 Å². The summed E-state index contributed by atoms with van der Waals surface area (Å²) in [5, 5.41) is 33.7. The van der Waals surface area contributed by atoms with Crippen LogP contribution in [0, 0.1) is 0 Å². The molecule has 2 N–H and O–H groups in total. The van der Waals surface area contributed by atoms with Gasteiger partial charge in [0.25, 0.3) is 0 Å². The van der Waals surface area contributed by atoms with Crippen molar-refractivity contribution in [2.24, 2.45) is 0 Å². The lowest BCUT2D eigenvalue weighted by molar-refractivity contribution is 0.0686. The number of rotatable bonds is 4. The molecule has 0 atom stereocenters. The van der Waals surface area contributed by atoms with Gasteiger partial charge in [0, 0.05) is 11.1 Å². The fourth-order valence-electron chi connectivity index (χ4n) is 2.04. The van der Waals surface area contributed by atoms with Gasteiger partial charge in [-0.05, 0) is 24.3 Å². The minimum Gasteiger partial charge on any atom is -0.478 e. The molecule has 0 spiro atoms. The Balaban J connectivity index is 1.94. The summed E-state index contributed by atoms with van der Waals surface area (Å²) in [5.74, 6) is -1.76. The Hall–Kier alpha value is -3.68. The van der Waals surface area contributed by atoms with Crippen LogP contribution in [0.3, 0.4) is 0 Å². The van der Waals surface area contributed by atoms with E-state index >= 15 is 0 Å². The van der Waals surface area contributed by atoms with Crippen molar-refractivity contribution in [1.29, 1.82) is 0 Å². The van der Waals surface area contributed by atoms with E-state index in [1.165, 1.54) is 24.3 Å². The molecule has 0 aliphatic carbocycles. The summed E-state index contributed by atoms with van der Waals surface area (Å²) in [7, 11) is 0. The average Bonchev–Trinajstić information content (AvgIpc) is 2.62. The summed E-state index contributed by atoms with van der Waals surface area (Å²) in [5.41, 5.74) is 1.16. The van der Waals surface area contributed by atoms with Crippen molar-refractivity contribution in [2.45, 2.75) is 0 Å².